The summed E-state index contributed by atoms with van der Waals surface area (Å²) in [6, 6.07) is 7.61. The number of hydrogen-bond donors (Lipinski definition) is 0. The molecule has 160 valence electrons. The van der Waals surface area contributed by atoms with Gasteiger partial charge in [-0.2, -0.15) is 4.68 Å². The van der Waals surface area contributed by atoms with Crippen LogP contribution < -0.4 is 0 Å². The van der Waals surface area contributed by atoms with Crippen molar-refractivity contribution < 1.29 is 4.79 Å². The molecule has 0 atom stereocenters. The number of fused-ring (bicyclic) bond motifs is 1. The Hall–Kier alpha value is -1.97. The van der Waals surface area contributed by atoms with E-state index >= 15 is 0 Å². The fourth-order valence-electron chi connectivity index (χ4n) is 3.68. The Morgan fingerprint density at radius 2 is 1.41 bits per heavy atom. The molecule has 4 heteroatoms. The number of hydrogen-bond acceptors (Lipinski definition) is 3. The van der Waals surface area contributed by atoms with Gasteiger partial charge in [0.05, 0.1) is 5.52 Å². The first-order valence-electron chi connectivity index (χ1n) is 11.8. The smallest absolute Gasteiger partial charge is 0.248 e. The predicted molar refractivity (Wildman–Crippen MR) is 122 cm³/mol. The quantitative estimate of drug-likeness (QED) is 0.218. The highest BCUT2D eigenvalue weighted by Gasteiger charge is 2.10. The van der Waals surface area contributed by atoms with Gasteiger partial charge in [-0.15, -0.1) is 5.10 Å². The van der Waals surface area contributed by atoms with Gasteiger partial charge < -0.3 is 0 Å². The van der Waals surface area contributed by atoms with Crippen LogP contribution in [0, 0.1) is 0 Å². The number of allylic oxidation sites excluding steroid dienone is 2. The van der Waals surface area contributed by atoms with Crippen molar-refractivity contribution in [1.82, 2.24) is 15.0 Å². The lowest BCUT2D eigenvalue weighted by Crippen LogP contribution is -2.12. The van der Waals surface area contributed by atoms with E-state index in [1.165, 1.54) is 81.7 Å². The molecular weight excluding hydrogens is 358 g/mol. The second-order valence-electron chi connectivity index (χ2n) is 8.07. The molecule has 1 aromatic heterocycles. The van der Waals surface area contributed by atoms with Crippen molar-refractivity contribution in [2.75, 3.05) is 0 Å². The summed E-state index contributed by atoms with van der Waals surface area (Å²) in [6.07, 6.45) is 23.2. The average molecular weight is 398 g/mol. The van der Waals surface area contributed by atoms with Crippen LogP contribution in [0.4, 0.5) is 0 Å². The number of aromatic nitrogens is 3. The lowest BCUT2D eigenvalue weighted by Gasteiger charge is -2.02. The monoisotopic (exact) mass is 397 g/mol. The molecule has 0 N–H and O–H groups in total. The van der Waals surface area contributed by atoms with E-state index in [2.05, 4.69) is 29.4 Å². The largest absolute Gasteiger partial charge is 0.273 e. The molecule has 2 rings (SSSR count). The van der Waals surface area contributed by atoms with Gasteiger partial charge >= 0.3 is 0 Å². The molecule has 1 heterocycles. The lowest BCUT2D eigenvalue weighted by atomic mass is 10.1. The average Bonchev–Trinajstić information content (AvgIpc) is 3.17. The normalized spacial score (nSPS) is 11.6. The van der Waals surface area contributed by atoms with E-state index in [-0.39, 0.29) is 5.91 Å². The Balaban J connectivity index is 1.41. The van der Waals surface area contributed by atoms with Crippen molar-refractivity contribution in [3.05, 3.63) is 36.4 Å². The lowest BCUT2D eigenvalue weighted by molar-refractivity contribution is 0.0886. The fourth-order valence-corrected chi connectivity index (χ4v) is 3.68. The molecule has 4 nitrogen and oxygen atoms in total. The van der Waals surface area contributed by atoms with Crippen molar-refractivity contribution in [2.45, 2.75) is 103 Å². The Labute approximate surface area is 176 Å². The maximum atomic E-state index is 12.3. The molecule has 0 saturated carbocycles. The summed E-state index contributed by atoms with van der Waals surface area (Å²) in [5.74, 6) is 0.0481. The van der Waals surface area contributed by atoms with Crippen LogP contribution in [-0.4, -0.2) is 20.9 Å². The molecular formula is C25H39N3O. The van der Waals surface area contributed by atoms with Crippen LogP contribution in [0.2, 0.25) is 0 Å². The van der Waals surface area contributed by atoms with Gasteiger partial charge in [0.1, 0.15) is 5.52 Å². The summed E-state index contributed by atoms with van der Waals surface area (Å²) in [5.41, 5.74) is 1.58. The molecule has 0 bridgehead atoms. The van der Waals surface area contributed by atoms with Crippen molar-refractivity contribution in [1.29, 1.82) is 0 Å². The Morgan fingerprint density at radius 1 is 0.828 bits per heavy atom. The van der Waals surface area contributed by atoms with Gasteiger partial charge in [-0.3, -0.25) is 4.79 Å². The first-order chi connectivity index (χ1) is 14.3. The zero-order chi connectivity index (χ0) is 20.6. The molecule has 1 aromatic carbocycles. The molecule has 0 saturated heterocycles. The van der Waals surface area contributed by atoms with Crippen LogP contribution in [0.15, 0.2) is 36.4 Å². The number of benzene rings is 1. The number of nitrogens with zero attached hydrogens (tertiary/aromatic N) is 3. The van der Waals surface area contributed by atoms with Crippen LogP contribution >= 0.6 is 0 Å². The summed E-state index contributed by atoms with van der Waals surface area (Å²) in [6.45, 7) is 2.27. The summed E-state index contributed by atoms with van der Waals surface area (Å²) < 4.78 is 1.45. The standard InChI is InChI=1S/C25H39N3O/c1-2-3-4-5-6-7-8-9-10-11-12-13-14-15-16-17-22-25(29)28-24-21-19-18-20-23(24)26-27-28/h10-11,18-21H,2-9,12-17,22H2,1H3/b11-10+. The van der Waals surface area contributed by atoms with Crippen molar-refractivity contribution in [3.8, 4) is 0 Å². The fraction of sp³-hybridized carbons (Fsp3) is 0.640. The van der Waals surface area contributed by atoms with E-state index in [1.807, 2.05) is 24.3 Å². The minimum atomic E-state index is 0.0481. The first kappa shape index (κ1) is 23.3. The maximum absolute atomic E-state index is 12.3. The first-order valence-corrected chi connectivity index (χ1v) is 11.8. The Morgan fingerprint density at radius 3 is 2.10 bits per heavy atom. The van der Waals surface area contributed by atoms with E-state index in [0.29, 0.717) is 6.42 Å². The molecule has 0 unspecified atom stereocenters. The van der Waals surface area contributed by atoms with Gasteiger partial charge in [0.15, 0.2) is 0 Å². The van der Waals surface area contributed by atoms with Gasteiger partial charge in [-0.25, -0.2) is 0 Å². The van der Waals surface area contributed by atoms with Crippen molar-refractivity contribution >= 4 is 16.9 Å². The Kier molecular flexibility index (Phi) is 12.0. The zero-order valence-electron chi connectivity index (χ0n) is 18.3. The van der Waals surface area contributed by atoms with E-state index in [0.717, 1.165) is 23.9 Å². The molecule has 0 aliphatic rings. The van der Waals surface area contributed by atoms with Crippen LogP contribution in [0.25, 0.3) is 11.0 Å². The highest BCUT2D eigenvalue weighted by Crippen LogP contribution is 2.13. The van der Waals surface area contributed by atoms with Crippen LogP contribution in [0.1, 0.15) is 108 Å². The van der Waals surface area contributed by atoms with E-state index in [1.54, 1.807) is 0 Å². The molecule has 0 radical (unpaired) electrons. The number of carbonyl (C=O) groups is 1. The van der Waals surface area contributed by atoms with Gasteiger partial charge in [0, 0.05) is 6.42 Å². The number of para-hydroxylation sites is 1. The minimum Gasteiger partial charge on any atom is -0.273 e. The molecule has 2 aromatic rings. The third kappa shape index (κ3) is 9.38. The van der Waals surface area contributed by atoms with E-state index in [4.69, 9.17) is 0 Å². The van der Waals surface area contributed by atoms with Gasteiger partial charge in [-0.1, -0.05) is 94.2 Å². The topological polar surface area (TPSA) is 47.8 Å². The molecule has 0 amide bonds. The second-order valence-corrected chi connectivity index (χ2v) is 8.07. The van der Waals surface area contributed by atoms with Crippen LogP contribution in [0.3, 0.4) is 0 Å². The second kappa shape index (κ2) is 14.9. The summed E-state index contributed by atoms with van der Waals surface area (Å²) in [4.78, 5) is 12.3. The van der Waals surface area contributed by atoms with Gasteiger partial charge in [0.2, 0.25) is 5.91 Å². The molecule has 0 aliphatic carbocycles. The third-order valence-corrected chi connectivity index (χ3v) is 5.49. The number of carbonyl (C=O) groups excluding carboxylic acids is 1. The molecule has 0 spiro atoms. The summed E-state index contributed by atoms with van der Waals surface area (Å²) >= 11 is 0. The van der Waals surface area contributed by atoms with Gasteiger partial charge in [-0.05, 0) is 44.2 Å². The molecule has 29 heavy (non-hydrogen) atoms. The van der Waals surface area contributed by atoms with E-state index in [9.17, 15) is 4.79 Å². The minimum absolute atomic E-state index is 0.0481. The van der Waals surface area contributed by atoms with Gasteiger partial charge in [0.25, 0.3) is 0 Å². The molecule has 0 fully saturated rings. The van der Waals surface area contributed by atoms with Crippen molar-refractivity contribution in [3.63, 3.8) is 0 Å². The number of unbranched alkanes of at least 4 members (excludes halogenated alkanes) is 12. The predicted octanol–water partition coefficient (Wildman–Crippen LogP) is 7.50. The van der Waals surface area contributed by atoms with Crippen molar-refractivity contribution in [2.24, 2.45) is 0 Å². The highest BCUT2D eigenvalue weighted by molar-refractivity contribution is 5.88. The highest BCUT2D eigenvalue weighted by atomic mass is 16.2. The third-order valence-electron chi connectivity index (χ3n) is 5.49. The summed E-state index contributed by atoms with van der Waals surface area (Å²) in [7, 11) is 0. The van der Waals surface area contributed by atoms with Crippen LogP contribution in [-0.2, 0) is 0 Å². The maximum Gasteiger partial charge on any atom is 0.248 e. The SMILES string of the molecule is CCCCCCCCC/C=C/CCCCCCCC(=O)n1nnc2ccccc21. The summed E-state index contributed by atoms with van der Waals surface area (Å²) in [5, 5.41) is 8.05. The molecule has 0 aliphatic heterocycles. The Bertz CT molecular complexity index is 720. The van der Waals surface area contributed by atoms with E-state index < -0.39 is 0 Å². The zero-order valence-corrected chi connectivity index (χ0v) is 18.3. The number of rotatable bonds is 16. The van der Waals surface area contributed by atoms with Crippen LogP contribution in [0.5, 0.6) is 0 Å².